The highest BCUT2D eigenvalue weighted by Crippen LogP contribution is 1.98. The second-order valence-corrected chi connectivity index (χ2v) is 5.37. The number of nitrogens with one attached hydrogen (secondary N) is 2. The molecule has 0 heterocycles. The molecule has 0 radical (unpaired) electrons. The highest BCUT2D eigenvalue weighted by atomic mass is 32.2. The Bertz CT molecular complexity index is 488. The summed E-state index contributed by atoms with van der Waals surface area (Å²) in [6.07, 6.45) is 0.217. The van der Waals surface area contributed by atoms with E-state index in [1.165, 1.54) is 0 Å². The van der Waals surface area contributed by atoms with Crippen molar-refractivity contribution >= 4 is 16.3 Å². The summed E-state index contributed by atoms with van der Waals surface area (Å²) in [6, 6.07) is 9.45. The Hall–Kier alpha value is -1.60. The SMILES string of the molecule is CCCOC(=O)NS(=O)(=O)NCCc1ccccc1. The standard InChI is InChI=1S/C12H18N2O4S/c1-2-10-18-12(15)14-19(16,17)13-9-8-11-6-4-3-5-7-11/h3-7,13H,2,8-10H2,1H3,(H,14,15). The lowest BCUT2D eigenvalue weighted by Crippen LogP contribution is -2.41. The van der Waals surface area contributed by atoms with Crippen LogP contribution in [-0.2, 0) is 21.4 Å². The van der Waals surface area contributed by atoms with Crippen LogP contribution in [0, 0.1) is 0 Å². The Morgan fingerprint density at radius 1 is 1.26 bits per heavy atom. The van der Waals surface area contributed by atoms with E-state index in [4.69, 9.17) is 0 Å². The molecule has 1 aromatic carbocycles. The monoisotopic (exact) mass is 286 g/mol. The third-order valence-corrected chi connectivity index (χ3v) is 3.22. The first-order valence-corrected chi connectivity index (χ1v) is 7.50. The minimum atomic E-state index is -3.86. The first kappa shape index (κ1) is 15.5. The van der Waals surface area contributed by atoms with Gasteiger partial charge in [0.25, 0.3) is 0 Å². The summed E-state index contributed by atoms with van der Waals surface area (Å²) in [5, 5.41) is 0. The molecule has 19 heavy (non-hydrogen) atoms. The molecule has 0 bridgehead atoms. The van der Waals surface area contributed by atoms with Crippen molar-refractivity contribution in [2.75, 3.05) is 13.2 Å². The largest absolute Gasteiger partial charge is 0.449 e. The molecule has 0 saturated carbocycles. The summed E-state index contributed by atoms with van der Waals surface area (Å²) < 4.78 is 31.6. The Kier molecular flexibility index (Phi) is 6.31. The molecular formula is C12H18N2O4S. The van der Waals surface area contributed by atoms with Crippen molar-refractivity contribution in [1.82, 2.24) is 9.44 Å². The molecule has 1 rings (SSSR count). The summed E-state index contributed by atoms with van der Waals surface area (Å²) in [5.41, 5.74) is 1.01. The van der Waals surface area contributed by atoms with E-state index in [1.807, 2.05) is 37.3 Å². The molecule has 0 aliphatic carbocycles. The van der Waals surface area contributed by atoms with Gasteiger partial charge in [0.2, 0.25) is 0 Å². The van der Waals surface area contributed by atoms with E-state index in [0.717, 1.165) is 5.56 Å². The maximum atomic E-state index is 11.5. The summed E-state index contributed by atoms with van der Waals surface area (Å²) in [4.78, 5) is 11.1. The maximum Gasteiger partial charge on any atom is 0.421 e. The van der Waals surface area contributed by atoms with Gasteiger partial charge in [-0.15, -0.1) is 0 Å². The van der Waals surface area contributed by atoms with Crippen molar-refractivity contribution < 1.29 is 17.9 Å². The second kappa shape index (κ2) is 7.75. The second-order valence-electron chi connectivity index (χ2n) is 3.87. The van der Waals surface area contributed by atoms with Crippen molar-refractivity contribution in [2.24, 2.45) is 0 Å². The van der Waals surface area contributed by atoms with Crippen LogP contribution in [0.3, 0.4) is 0 Å². The quantitative estimate of drug-likeness (QED) is 0.789. The number of benzene rings is 1. The fourth-order valence-electron chi connectivity index (χ4n) is 1.34. The molecule has 1 aromatic rings. The Labute approximate surface area is 113 Å². The van der Waals surface area contributed by atoms with E-state index in [1.54, 1.807) is 4.72 Å². The predicted molar refractivity (Wildman–Crippen MR) is 71.8 cm³/mol. The average Bonchev–Trinajstić information content (AvgIpc) is 2.37. The Morgan fingerprint density at radius 3 is 2.58 bits per heavy atom. The van der Waals surface area contributed by atoms with Gasteiger partial charge < -0.3 is 4.74 Å². The predicted octanol–water partition coefficient (Wildman–Crippen LogP) is 1.20. The van der Waals surface area contributed by atoms with Crippen molar-refractivity contribution in [3.63, 3.8) is 0 Å². The van der Waals surface area contributed by atoms with Crippen molar-refractivity contribution in [3.05, 3.63) is 35.9 Å². The first-order valence-electron chi connectivity index (χ1n) is 6.01. The van der Waals surface area contributed by atoms with Crippen molar-refractivity contribution in [2.45, 2.75) is 19.8 Å². The fourth-order valence-corrected chi connectivity index (χ4v) is 2.07. The van der Waals surface area contributed by atoms with E-state index in [9.17, 15) is 13.2 Å². The number of carbonyl (C=O) groups is 1. The van der Waals surface area contributed by atoms with Crippen LogP contribution in [0.4, 0.5) is 4.79 Å². The number of amides is 1. The van der Waals surface area contributed by atoms with Gasteiger partial charge in [-0.3, -0.25) is 0 Å². The number of rotatable bonds is 7. The molecule has 0 aromatic heterocycles. The van der Waals surface area contributed by atoms with E-state index >= 15 is 0 Å². The highest BCUT2D eigenvalue weighted by molar-refractivity contribution is 7.88. The van der Waals surface area contributed by atoms with E-state index in [0.29, 0.717) is 12.8 Å². The van der Waals surface area contributed by atoms with Gasteiger partial charge in [-0.25, -0.2) is 9.52 Å². The molecule has 0 saturated heterocycles. The van der Waals surface area contributed by atoms with Crippen LogP contribution >= 0.6 is 0 Å². The lowest BCUT2D eigenvalue weighted by molar-refractivity contribution is 0.152. The van der Waals surface area contributed by atoms with Crippen LogP contribution < -0.4 is 9.44 Å². The van der Waals surface area contributed by atoms with Gasteiger partial charge in [0.05, 0.1) is 6.61 Å². The number of carbonyl (C=O) groups excluding carboxylic acids is 1. The summed E-state index contributed by atoms with van der Waals surface area (Å²) in [5.74, 6) is 0. The van der Waals surface area contributed by atoms with Gasteiger partial charge in [-0.1, -0.05) is 37.3 Å². The fraction of sp³-hybridized carbons (Fsp3) is 0.417. The zero-order valence-electron chi connectivity index (χ0n) is 10.8. The first-order chi connectivity index (χ1) is 9.03. The molecule has 0 atom stereocenters. The molecule has 106 valence electrons. The van der Waals surface area contributed by atoms with Crippen LogP contribution in [-0.4, -0.2) is 27.7 Å². The Morgan fingerprint density at radius 2 is 1.95 bits per heavy atom. The van der Waals surface area contributed by atoms with Gasteiger partial charge >= 0.3 is 16.3 Å². The van der Waals surface area contributed by atoms with Gasteiger partial charge in [0, 0.05) is 6.54 Å². The highest BCUT2D eigenvalue weighted by Gasteiger charge is 2.14. The molecule has 0 spiro atoms. The lowest BCUT2D eigenvalue weighted by Gasteiger charge is -2.08. The van der Waals surface area contributed by atoms with E-state index in [2.05, 4.69) is 9.46 Å². The molecule has 0 aliphatic rings. The van der Waals surface area contributed by atoms with Gasteiger partial charge in [0.1, 0.15) is 0 Å². The number of hydrogen-bond donors (Lipinski definition) is 2. The third kappa shape index (κ3) is 6.78. The van der Waals surface area contributed by atoms with Gasteiger partial charge in [0.15, 0.2) is 0 Å². The number of hydrogen-bond acceptors (Lipinski definition) is 4. The van der Waals surface area contributed by atoms with Crippen LogP contribution in [0.5, 0.6) is 0 Å². The van der Waals surface area contributed by atoms with Crippen LogP contribution in [0.1, 0.15) is 18.9 Å². The van der Waals surface area contributed by atoms with Crippen LogP contribution in [0.15, 0.2) is 30.3 Å². The van der Waals surface area contributed by atoms with Crippen molar-refractivity contribution in [1.29, 1.82) is 0 Å². The lowest BCUT2D eigenvalue weighted by atomic mass is 10.2. The van der Waals surface area contributed by atoms with Gasteiger partial charge in [-0.05, 0) is 18.4 Å². The van der Waals surface area contributed by atoms with Crippen LogP contribution in [0.25, 0.3) is 0 Å². The minimum absolute atomic E-state index is 0.186. The maximum absolute atomic E-state index is 11.5. The minimum Gasteiger partial charge on any atom is -0.449 e. The molecule has 0 fully saturated rings. The molecule has 2 N–H and O–H groups in total. The Balaban J connectivity index is 2.33. The third-order valence-electron chi connectivity index (χ3n) is 2.20. The summed E-state index contributed by atoms with van der Waals surface area (Å²) in [7, 11) is -3.86. The van der Waals surface area contributed by atoms with E-state index in [-0.39, 0.29) is 13.2 Å². The summed E-state index contributed by atoms with van der Waals surface area (Å²) in [6.45, 7) is 2.21. The zero-order chi connectivity index (χ0) is 14.1. The molecular weight excluding hydrogens is 268 g/mol. The smallest absolute Gasteiger partial charge is 0.421 e. The zero-order valence-corrected chi connectivity index (χ0v) is 11.6. The average molecular weight is 286 g/mol. The molecule has 7 heteroatoms. The topological polar surface area (TPSA) is 84.5 Å². The van der Waals surface area contributed by atoms with Gasteiger partial charge in [-0.2, -0.15) is 13.1 Å². The molecule has 6 nitrogen and oxygen atoms in total. The molecule has 1 amide bonds. The summed E-state index contributed by atoms with van der Waals surface area (Å²) >= 11 is 0. The molecule has 0 unspecified atom stereocenters. The van der Waals surface area contributed by atoms with Crippen LogP contribution in [0.2, 0.25) is 0 Å². The number of ether oxygens (including phenoxy) is 1. The van der Waals surface area contributed by atoms with Crippen molar-refractivity contribution in [3.8, 4) is 0 Å². The van der Waals surface area contributed by atoms with E-state index < -0.39 is 16.3 Å². The molecule has 0 aliphatic heterocycles. The normalized spacial score (nSPS) is 11.0.